The molecule has 1 aromatic carbocycles. The molecule has 0 saturated heterocycles. The summed E-state index contributed by atoms with van der Waals surface area (Å²) in [6.07, 6.45) is 3.69. The highest BCUT2D eigenvalue weighted by molar-refractivity contribution is 5.86. The molecule has 0 radical (unpaired) electrons. The summed E-state index contributed by atoms with van der Waals surface area (Å²) >= 11 is 0. The maximum absolute atomic E-state index is 12.5. The predicted octanol–water partition coefficient (Wildman–Crippen LogP) is 1.47. The molecule has 1 heterocycles. The lowest BCUT2D eigenvalue weighted by Gasteiger charge is -2.41. The van der Waals surface area contributed by atoms with Gasteiger partial charge in [-0.25, -0.2) is 4.79 Å². The second-order valence-corrected chi connectivity index (χ2v) is 6.17. The van der Waals surface area contributed by atoms with Crippen molar-refractivity contribution in [1.29, 1.82) is 0 Å². The van der Waals surface area contributed by atoms with Gasteiger partial charge in [0.1, 0.15) is 0 Å². The fourth-order valence-corrected chi connectivity index (χ4v) is 3.31. The van der Waals surface area contributed by atoms with Crippen molar-refractivity contribution in [3.05, 3.63) is 35.4 Å². The van der Waals surface area contributed by atoms with E-state index in [9.17, 15) is 14.7 Å². The summed E-state index contributed by atoms with van der Waals surface area (Å²) in [5.74, 6) is -1.12. The lowest BCUT2D eigenvalue weighted by atomic mass is 9.75. The monoisotopic (exact) mass is 288 g/mol. The Morgan fingerprint density at radius 2 is 2.05 bits per heavy atom. The fourth-order valence-electron chi connectivity index (χ4n) is 3.31. The van der Waals surface area contributed by atoms with Crippen molar-refractivity contribution >= 4 is 11.9 Å². The highest BCUT2D eigenvalue weighted by Gasteiger charge is 2.40. The van der Waals surface area contributed by atoms with Crippen molar-refractivity contribution < 1.29 is 14.7 Å². The fraction of sp³-hybridized carbons (Fsp3) is 0.500. The van der Waals surface area contributed by atoms with Crippen LogP contribution < -0.4 is 5.73 Å². The number of benzene rings is 1. The molecule has 0 spiro atoms. The highest BCUT2D eigenvalue weighted by Crippen LogP contribution is 2.35. The number of nitrogens with zero attached hydrogens (tertiary/aromatic N) is 1. The van der Waals surface area contributed by atoms with E-state index in [1.54, 1.807) is 6.07 Å². The van der Waals surface area contributed by atoms with E-state index in [1.807, 2.05) is 18.2 Å². The van der Waals surface area contributed by atoms with Gasteiger partial charge >= 0.3 is 5.97 Å². The maximum atomic E-state index is 12.5. The molecular formula is C16H20N2O3. The number of rotatable bonds is 3. The normalized spacial score (nSPS) is 23.1. The number of aliphatic carboxylic acids is 1. The van der Waals surface area contributed by atoms with Crippen molar-refractivity contribution in [2.24, 2.45) is 5.73 Å². The number of nitrogens with two attached hydrogens (primary N) is 1. The quantitative estimate of drug-likeness (QED) is 0.882. The van der Waals surface area contributed by atoms with Crippen LogP contribution >= 0.6 is 0 Å². The van der Waals surface area contributed by atoms with Gasteiger partial charge in [0, 0.05) is 18.5 Å². The topological polar surface area (TPSA) is 83.6 Å². The first-order valence-electron chi connectivity index (χ1n) is 7.39. The summed E-state index contributed by atoms with van der Waals surface area (Å²) in [6, 6.07) is 6.57. The Labute approximate surface area is 123 Å². The zero-order chi connectivity index (χ0) is 15.0. The molecule has 0 aromatic heterocycles. The molecular weight excluding hydrogens is 268 g/mol. The van der Waals surface area contributed by atoms with Gasteiger partial charge in [0.05, 0.1) is 0 Å². The van der Waals surface area contributed by atoms with Crippen molar-refractivity contribution in [3.8, 4) is 0 Å². The molecule has 1 amide bonds. The highest BCUT2D eigenvalue weighted by atomic mass is 16.4. The zero-order valence-corrected chi connectivity index (χ0v) is 11.9. The van der Waals surface area contributed by atoms with Crippen LogP contribution in [0, 0.1) is 0 Å². The molecule has 5 nitrogen and oxygen atoms in total. The van der Waals surface area contributed by atoms with Crippen LogP contribution in [0.4, 0.5) is 0 Å². The predicted molar refractivity (Wildman–Crippen MR) is 77.6 cm³/mol. The molecule has 112 valence electrons. The van der Waals surface area contributed by atoms with Crippen LogP contribution in [0.25, 0.3) is 0 Å². The third kappa shape index (κ3) is 2.53. The van der Waals surface area contributed by atoms with Gasteiger partial charge in [-0.3, -0.25) is 4.79 Å². The first kappa shape index (κ1) is 14.1. The Morgan fingerprint density at radius 3 is 2.67 bits per heavy atom. The SMILES string of the molecule is NC1(CC(=O)N2CCc3ccccc3C2C(=O)O)CCC1. The Morgan fingerprint density at radius 1 is 1.33 bits per heavy atom. The standard InChI is InChI=1S/C16H20N2O3/c17-16(7-3-8-16)10-13(19)18-9-6-11-4-1-2-5-12(11)14(18)15(20)21/h1-2,4-5,14H,3,6-10,17H2,(H,20,21). The number of carbonyl (C=O) groups is 2. The van der Waals surface area contributed by atoms with Crippen LogP contribution in [-0.2, 0) is 16.0 Å². The van der Waals surface area contributed by atoms with E-state index in [1.165, 1.54) is 4.90 Å². The van der Waals surface area contributed by atoms with E-state index in [2.05, 4.69) is 0 Å². The first-order chi connectivity index (χ1) is 10.0. The minimum atomic E-state index is -0.977. The Hall–Kier alpha value is -1.88. The van der Waals surface area contributed by atoms with Crippen LogP contribution in [0.3, 0.4) is 0 Å². The van der Waals surface area contributed by atoms with Crippen LogP contribution in [0.15, 0.2) is 24.3 Å². The molecule has 1 aliphatic heterocycles. The molecule has 1 atom stereocenters. The molecule has 0 bridgehead atoms. The molecule has 5 heteroatoms. The average molecular weight is 288 g/mol. The van der Waals surface area contributed by atoms with Crippen LogP contribution in [0.5, 0.6) is 0 Å². The maximum Gasteiger partial charge on any atom is 0.331 e. The molecule has 1 fully saturated rings. The summed E-state index contributed by atoms with van der Waals surface area (Å²) in [7, 11) is 0. The molecule has 21 heavy (non-hydrogen) atoms. The number of fused-ring (bicyclic) bond motifs is 1. The number of carboxylic acid groups (broad SMARTS) is 1. The largest absolute Gasteiger partial charge is 0.479 e. The second-order valence-electron chi connectivity index (χ2n) is 6.17. The molecule has 2 aliphatic rings. The van der Waals surface area contributed by atoms with Crippen molar-refractivity contribution in [3.63, 3.8) is 0 Å². The molecule has 1 saturated carbocycles. The number of carbonyl (C=O) groups excluding carboxylic acids is 1. The van der Waals surface area contributed by atoms with E-state index >= 15 is 0 Å². The van der Waals surface area contributed by atoms with E-state index in [0.29, 0.717) is 13.0 Å². The van der Waals surface area contributed by atoms with E-state index in [0.717, 1.165) is 30.4 Å². The van der Waals surface area contributed by atoms with Crippen LogP contribution in [0.1, 0.15) is 42.9 Å². The smallest absolute Gasteiger partial charge is 0.331 e. The number of hydrogen-bond acceptors (Lipinski definition) is 3. The van der Waals surface area contributed by atoms with E-state index < -0.39 is 17.6 Å². The third-order valence-electron chi connectivity index (χ3n) is 4.69. The summed E-state index contributed by atoms with van der Waals surface area (Å²) in [5, 5.41) is 9.55. The van der Waals surface area contributed by atoms with E-state index in [-0.39, 0.29) is 12.3 Å². The Bertz CT molecular complexity index is 581. The van der Waals surface area contributed by atoms with Crippen LogP contribution in [0.2, 0.25) is 0 Å². The number of hydrogen-bond donors (Lipinski definition) is 2. The summed E-state index contributed by atoms with van der Waals surface area (Å²) in [4.78, 5) is 25.7. The molecule has 1 aromatic rings. The Balaban J connectivity index is 1.85. The summed E-state index contributed by atoms with van der Waals surface area (Å²) in [5.41, 5.74) is 7.45. The van der Waals surface area contributed by atoms with Gasteiger partial charge in [0.2, 0.25) is 5.91 Å². The average Bonchev–Trinajstić information content (AvgIpc) is 2.44. The van der Waals surface area contributed by atoms with Gasteiger partial charge in [0.15, 0.2) is 6.04 Å². The van der Waals surface area contributed by atoms with Gasteiger partial charge in [-0.05, 0) is 36.8 Å². The molecule has 3 N–H and O–H groups in total. The summed E-state index contributed by atoms with van der Waals surface area (Å²) in [6.45, 7) is 0.447. The summed E-state index contributed by atoms with van der Waals surface area (Å²) < 4.78 is 0. The van der Waals surface area contributed by atoms with Gasteiger partial charge in [0.25, 0.3) is 0 Å². The van der Waals surface area contributed by atoms with Crippen LogP contribution in [-0.4, -0.2) is 34.0 Å². The molecule has 3 rings (SSSR count). The first-order valence-corrected chi connectivity index (χ1v) is 7.39. The molecule has 1 unspecified atom stereocenters. The van der Waals surface area contributed by atoms with Gasteiger partial charge < -0.3 is 15.7 Å². The third-order valence-corrected chi connectivity index (χ3v) is 4.69. The zero-order valence-electron chi connectivity index (χ0n) is 11.9. The molecule has 1 aliphatic carbocycles. The number of amides is 1. The number of carboxylic acids is 1. The minimum absolute atomic E-state index is 0.140. The second kappa shape index (κ2) is 5.15. The Kier molecular flexibility index (Phi) is 3.45. The van der Waals surface area contributed by atoms with Gasteiger partial charge in [-0.15, -0.1) is 0 Å². The lowest BCUT2D eigenvalue weighted by Crippen LogP contribution is -2.52. The van der Waals surface area contributed by atoms with Crippen molar-refractivity contribution in [2.75, 3.05) is 6.54 Å². The lowest BCUT2D eigenvalue weighted by molar-refractivity contribution is -0.152. The van der Waals surface area contributed by atoms with Gasteiger partial charge in [-0.2, -0.15) is 0 Å². The van der Waals surface area contributed by atoms with E-state index in [4.69, 9.17) is 5.73 Å². The minimum Gasteiger partial charge on any atom is -0.479 e. The van der Waals surface area contributed by atoms with Crippen molar-refractivity contribution in [1.82, 2.24) is 4.90 Å². The van der Waals surface area contributed by atoms with Crippen molar-refractivity contribution in [2.45, 2.75) is 43.7 Å². The van der Waals surface area contributed by atoms with Gasteiger partial charge in [-0.1, -0.05) is 24.3 Å².